The van der Waals surface area contributed by atoms with Crippen molar-refractivity contribution in [2.45, 2.75) is 24.8 Å². The highest BCUT2D eigenvalue weighted by Gasteiger charge is 2.36. The van der Waals surface area contributed by atoms with Gasteiger partial charge in [0.25, 0.3) is 10.0 Å². The lowest BCUT2D eigenvalue weighted by molar-refractivity contribution is 0.0561. The molecule has 0 bridgehead atoms. The Morgan fingerprint density at radius 1 is 1.48 bits per heavy atom. The largest absolute Gasteiger partial charge is 0.397 e. The quantitative estimate of drug-likeness (QED) is 0.824. The Bertz CT molecular complexity index is 900. The molecule has 0 saturated heterocycles. The van der Waals surface area contributed by atoms with E-state index in [0.29, 0.717) is 16.8 Å². The van der Waals surface area contributed by atoms with Gasteiger partial charge in [0.2, 0.25) is 0 Å². The number of aliphatic hydroxyl groups excluding tert-OH is 1. The Balaban J connectivity index is 2.12. The zero-order chi connectivity index (χ0) is 18.4. The molecule has 1 aliphatic heterocycles. The van der Waals surface area contributed by atoms with Gasteiger partial charge in [-0.25, -0.2) is 13.1 Å². The normalized spacial score (nSPS) is 17.8. The van der Waals surface area contributed by atoms with Gasteiger partial charge in [-0.15, -0.1) is 0 Å². The number of fused-ring (bicyclic) bond motifs is 1. The molecule has 2 aromatic rings. The Kier molecular flexibility index (Phi) is 4.37. The first-order chi connectivity index (χ1) is 11.7. The van der Waals surface area contributed by atoms with Gasteiger partial charge in [0.15, 0.2) is 0 Å². The lowest BCUT2D eigenvalue weighted by atomic mass is 9.98. The average molecular weight is 373 g/mol. The molecule has 0 fully saturated rings. The Hall–Kier alpha value is -2.27. The van der Waals surface area contributed by atoms with Crippen LogP contribution in [0.2, 0.25) is 0 Å². The number of nitrogens with two attached hydrogens (primary N) is 1. The van der Waals surface area contributed by atoms with Gasteiger partial charge in [0.05, 0.1) is 35.2 Å². The highest BCUT2D eigenvalue weighted by Crippen LogP contribution is 2.35. The van der Waals surface area contributed by atoms with Crippen molar-refractivity contribution in [2.24, 2.45) is 5.92 Å². The highest BCUT2D eigenvalue weighted by atomic mass is 32.2. The van der Waals surface area contributed by atoms with Crippen molar-refractivity contribution < 1.29 is 22.3 Å². The molecule has 8 nitrogen and oxygen atoms in total. The van der Waals surface area contributed by atoms with Crippen LogP contribution in [0.4, 0.5) is 20.2 Å². The number of sulfonamides is 1. The van der Waals surface area contributed by atoms with E-state index < -0.39 is 16.6 Å². The number of alkyl halides is 2. The molecule has 3 heterocycles. The number of hydrogen-bond donors (Lipinski definition) is 2. The van der Waals surface area contributed by atoms with Crippen molar-refractivity contribution in [1.82, 2.24) is 14.8 Å². The van der Waals surface area contributed by atoms with E-state index in [1.807, 2.05) is 0 Å². The minimum atomic E-state index is -4.17. The van der Waals surface area contributed by atoms with Gasteiger partial charge in [0, 0.05) is 19.1 Å². The van der Waals surface area contributed by atoms with Crippen molar-refractivity contribution in [3.05, 3.63) is 29.8 Å². The maximum Gasteiger partial charge on any atom is 0.333 e. The topological polar surface area (TPSA) is 114 Å². The lowest BCUT2D eigenvalue weighted by Gasteiger charge is -2.33. The summed E-state index contributed by atoms with van der Waals surface area (Å²) >= 11 is 0. The third-order valence-electron chi connectivity index (χ3n) is 4.04. The van der Waals surface area contributed by atoms with E-state index in [0.717, 1.165) is 10.5 Å². The van der Waals surface area contributed by atoms with E-state index in [4.69, 9.17) is 5.73 Å². The third-order valence-corrected chi connectivity index (χ3v) is 5.92. The molecule has 3 rings (SSSR count). The second-order valence-corrected chi connectivity index (χ2v) is 7.69. The first-order valence-corrected chi connectivity index (χ1v) is 8.90. The maximum absolute atomic E-state index is 13.1. The predicted octanol–water partition coefficient (Wildman–Crippen LogP) is 0.924. The summed E-state index contributed by atoms with van der Waals surface area (Å²) < 4.78 is 53.1. The minimum Gasteiger partial charge on any atom is -0.397 e. The number of halogens is 2. The van der Waals surface area contributed by atoms with Crippen LogP contribution in [0.15, 0.2) is 23.4 Å². The van der Waals surface area contributed by atoms with Crippen LogP contribution >= 0.6 is 0 Å². The highest BCUT2D eigenvalue weighted by molar-refractivity contribution is 7.92. The van der Waals surface area contributed by atoms with Crippen LogP contribution in [0.1, 0.15) is 17.9 Å². The van der Waals surface area contributed by atoms with Gasteiger partial charge >= 0.3 is 6.55 Å². The van der Waals surface area contributed by atoms with Gasteiger partial charge in [0.1, 0.15) is 4.90 Å². The zero-order valence-corrected chi connectivity index (χ0v) is 14.1. The number of pyridine rings is 1. The van der Waals surface area contributed by atoms with Gasteiger partial charge in [-0.05, 0) is 19.4 Å². The molecule has 0 unspecified atom stereocenters. The number of aromatic nitrogens is 3. The first kappa shape index (κ1) is 17.5. The Morgan fingerprint density at radius 3 is 2.80 bits per heavy atom. The fourth-order valence-corrected chi connectivity index (χ4v) is 4.54. The maximum atomic E-state index is 13.1. The van der Waals surface area contributed by atoms with Crippen LogP contribution in [0.25, 0.3) is 0 Å². The number of aryl methyl sites for hydroxylation is 1. The fourth-order valence-electron chi connectivity index (χ4n) is 2.83. The summed E-state index contributed by atoms with van der Waals surface area (Å²) in [6, 6.07) is 1.47. The summed E-state index contributed by atoms with van der Waals surface area (Å²) in [6.07, 6.45) is 2.61. The minimum absolute atomic E-state index is 0.00371. The summed E-state index contributed by atoms with van der Waals surface area (Å²) in [4.78, 5) is 3.83. The van der Waals surface area contributed by atoms with Crippen molar-refractivity contribution in [3.8, 4) is 0 Å². The van der Waals surface area contributed by atoms with E-state index in [2.05, 4.69) is 10.1 Å². The van der Waals surface area contributed by atoms with E-state index >= 15 is 0 Å². The zero-order valence-electron chi connectivity index (χ0n) is 13.3. The molecule has 0 amide bonds. The summed E-state index contributed by atoms with van der Waals surface area (Å²) in [5, 5.41) is 13.0. The SMILES string of the molecule is Cc1nn(C(F)F)cc1S(=O)(=O)N1C[C@H](CO)Cc2ncc(N)cc21. The molecule has 1 aliphatic rings. The summed E-state index contributed by atoms with van der Waals surface area (Å²) in [6.45, 7) is -1.83. The van der Waals surface area contributed by atoms with E-state index in [1.54, 1.807) is 0 Å². The summed E-state index contributed by atoms with van der Waals surface area (Å²) in [5.74, 6) is -0.358. The number of rotatable bonds is 4. The van der Waals surface area contributed by atoms with Crippen LogP contribution in [0.3, 0.4) is 0 Å². The molecule has 2 aromatic heterocycles. The molecule has 0 spiro atoms. The second-order valence-electron chi connectivity index (χ2n) is 5.86. The van der Waals surface area contributed by atoms with Gasteiger partial charge in [-0.2, -0.15) is 13.9 Å². The van der Waals surface area contributed by atoms with Crippen molar-refractivity contribution in [1.29, 1.82) is 0 Å². The van der Waals surface area contributed by atoms with Crippen molar-refractivity contribution >= 4 is 21.4 Å². The molecule has 0 radical (unpaired) electrons. The van der Waals surface area contributed by atoms with E-state index in [-0.39, 0.29) is 41.0 Å². The summed E-state index contributed by atoms with van der Waals surface area (Å²) in [7, 11) is -4.17. The predicted molar refractivity (Wildman–Crippen MR) is 85.7 cm³/mol. The Labute approximate surface area is 142 Å². The van der Waals surface area contributed by atoms with Crippen LogP contribution in [-0.2, 0) is 16.4 Å². The van der Waals surface area contributed by atoms with Crippen molar-refractivity contribution in [3.63, 3.8) is 0 Å². The second kappa shape index (κ2) is 6.23. The van der Waals surface area contributed by atoms with Gasteiger partial charge < -0.3 is 10.8 Å². The third kappa shape index (κ3) is 3.04. The molecule has 11 heteroatoms. The Morgan fingerprint density at radius 2 is 2.20 bits per heavy atom. The number of nitrogens with zero attached hydrogens (tertiary/aromatic N) is 4. The standard InChI is InChI=1S/C14H17F2N5O3S/c1-8-13(6-20(19-8)14(15)16)25(23,24)21-5-9(7-22)2-11-12(21)3-10(17)4-18-11/h3-4,6,9,14,22H,2,5,7,17H2,1H3/t9-/m1/s1. The molecule has 3 N–H and O–H groups in total. The van der Waals surface area contributed by atoms with E-state index in [1.165, 1.54) is 19.2 Å². The number of hydrogen-bond acceptors (Lipinski definition) is 6. The molecule has 136 valence electrons. The van der Waals surface area contributed by atoms with Crippen LogP contribution in [0, 0.1) is 12.8 Å². The number of aliphatic hydroxyl groups is 1. The lowest BCUT2D eigenvalue weighted by Crippen LogP contribution is -2.41. The molecule has 0 aromatic carbocycles. The molecule has 0 aliphatic carbocycles. The van der Waals surface area contributed by atoms with Gasteiger partial charge in [-0.1, -0.05) is 0 Å². The summed E-state index contributed by atoms with van der Waals surface area (Å²) in [5.41, 5.74) is 6.72. The molecule has 1 atom stereocenters. The number of anilines is 2. The molecule has 25 heavy (non-hydrogen) atoms. The smallest absolute Gasteiger partial charge is 0.333 e. The van der Waals surface area contributed by atoms with Crippen LogP contribution in [0.5, 0.6) is 0 Å². The fraction of sp³-hybridized carbons (Fsp3) is 0.429. The molecular weight excluding hydrogens is 356 g/mol. The van der Waals surface area contributed by atoms with Crippen LogP contribution < -0.4 is 10.0 Å². The molecular formula is C14H17F2N5O3S. The molecule has 0 saturated carbocycles. The van der Waals surface area contributed by atoms with Crippen LogP contribution in [-0.4, -0.2) is 41.4 Å². The average Bonchev–Trinajstić information content (AvgIpc) is 2.96. The van der Waals surface area contributed by atoms with E-state index in [9.17, 15) is 22.3 Å². The van der Waals surface area contributed by atoms with Gasteiger partial charge in [-0.3, -0.25) is 9.29 Å². The monoisotopic (exact) mass is 373 g/mol. The van der Waals surface area contributed by atoms with Crippen molar-refractivity contribution in [2.75, 3.05) is 23.2 Å². The first-order valence-electron chi connectivity index (χ1n) is 7.46. The number of nitrogen functional groups attached to an aromatic ring is 1.